The van der Waals surface area contributed by atoms with E-state index in [1.807, 2.05) is 42.5 Å². The number of quaternary nitrogens is 1. The van der Waals surface area contributed by atoms with E-state index in [4.69, 9.17) is 4.74 Å². The van der Waals surface area contributed by atoms with Crippen LogP contribution < -0.4 is 9.62 Å². The van der Waals surface area contributed by atoms with E-state index in [1.165, 1.54) is 4.90 Å². The number of hydrogen-bond donors (Lipinski definition) is 2. The molecule has 2 aromatic carbocycles. The van der Waals surface area contributed by atoms with E-state index in [-0.39, 0.29) is 6.04 Å². The third kappa shape index (κ3) is 5.39. The van der Waals surface area contributed by atoms with Crippen LogP contribution in [0.1, 0.15) is 36.9 Å². The Hall–Kier alpha value is -1.73. The van der Waals surface area contributed by atoms with Crippen LogP contribution in [0.5, 0.6) is 0 Å². The van der Waals surface area contributed by atoms with E-state index in [9.17, 15) is 8.42 Å². The Kier molecular flexibility index (Phi) is 6.65. The molecule has 0 radical (unpaired) electrons. The van der Waals surface area contributed by atoms with Crippen LogP contribution in [0.2, 0.25) is 0 Å². The second kappa shape index (κ2) is 8.97. The molecule has 2 N–H and O–H groups in total. The molecule has 0 amide bonds. The first kappa shape index (κ1) is 20.0. The summed E-state index contributed by atoms with van der Waals surface area (Å²) in [6.07, 6.45) is 0. The molecule has 0 aromatic heterocycles. The molecule has 0 spiro atoms. The fourth-order valence-corrected chi connectivity index (χ4v) is 4.58. The lowest BCUT2D eigenvalue weighted by Crippen LogP contribution is -3.14. The van der Waals surface area contributed by atoms with Crippen LogP contribution in [0.15, 0.2) is 59.5 Å². The first-order chi connectivity index (χ1) is 13.0. The molecule has 5 nitrogen and oxygen atoms in total. The summed E-state index contributed by atoms with van der Waals surface area (Å²) < 4.78 is 34.3. The maximum absolute atomic E-state index is 13.0. The highest BCUT2D eigenvalue weighted by molar-refractivity contribution is 7.89. The molecule has 1 aliphatic heterocycles. The molecule has 1 heterocycles. The van der Waals surface area contributed by atoms with Crippen LogP contribution in [-0.4, -0.2) is 41.3 Å². The van der Waals surface area contributed by atoms with E-state index in [2.05, 4.69) is 18.6 Å². The maximum atomic E-state index is 13.0. The van der Waals surface area contributed by atoms with Crippen LogP contribution in [0.4, 0.5) is 0 Å². The van der Waals surface area contributed by atoms with Crippen LogP contribution in [-0.2, 0) is 14.8 Å². The van der Waals surface area contributed by atoms with Crippen molar-refractivity contribution in [3.63, 3.8) is 0 Å². The van der Waals surface area contributed by atoms with Crippen LogP contribution >= 0.6 is 0 Å². The first-order valence-electron chi connectivity index (χ1n) is 9.54. The van der Waals surface area contributed by atoms with Gasteiger partial charge in [-0.05, 0) is 29.2 Å². The number of sulfonamides is 1. The van der Waals surface area contributed by atoms with Gasteiger partial charge in [0.1, 0.15) is 13.1 Å². The van der Waals surface area contributed by atoms with Gasteiger partial charge < -0.3 is 9.64 Å². The molecule has 1 aliphatic rings. The average Bonchev–Trinajstić information content (AvgIpc) is 2.69. The smallest absolute Gasteiger partial charge is 0.241 e. The highest BCUT2D eigenvalue weighted by atomic mass is 32.2. The maximum Gasteiger partial charge on any atom is 0.241 e. The van der Waals surface area contributed by atoms with Crippen LogP contribution in [0, 0.1) is 0 Å². The second-order valence-corrected chi connectivity index (χ2v) is 9.09. The molecular weight excluding hydrogens is 360 g/mol. The number of morpholine rings is 1. The molecule has 0 bridgehead atoms. The zero-order valence-corrected chi connectivity index (χ0v) is 16.8. The molecule has 0 saturated carbocycles. The summed E-state index contributed by atoms with van der Waals surface area (Å²) >= 11 is 0. The Bertz CT molecular complexity index is 814. The van der Waals surface area contributed by atoms with Gasteiger partial charge in [0.25, 0.3) is 0 Å². The second-order valence-electron chi connectivity index (χ2n) is 7.37. The van der Waals surface area contributed by atoms with Crippen molar-refractivity contribution in [3.05, 3.63) is 65.7 Å². The van der Waals surface area contributed by atoms with Crippen molar-refractivity contribution in [2.75, 3.05) is 32.8 Å². The van der Waals surface area contributed by atoms with Crippen molar-refractivity contribution in [1.29, 1.82) is 0 Å². The van der Waals surface area contributed by atoms with Crippen molar-refractivity contribution in [1.82, 2.24) is 4.72 Å². The molecule has 27 heavy (non-hydrogen) atoms. The summed E-state index contributed by atoms with van der Waals surface area (Å²) in [6, 6.07) is 16.7. The Morgan fingerprint density at radius 1 is 0.963 bits per heavy atom. The van der Waals surface area contributed by atoms with Crippen molar-refractivity contribution < 1.29 is 18.1 Å². The molecule has 2 aromatic rings. The Labute approximate surface area is 162 Å². The number of hydrogen-bond acceptors (Lipinski definition) is 3. The van der Waals surface area contributed by atoms with Gasteiger partial charge in [-0.2, -0.15) is 4.72 Å². The minimum absolute atomic E-state index is 0.269. The Balaban J connectivity index is 1.81. The molecule has 0 unspecified atom stereocenters. The third-order valence-electron chi connectivity index (χ3n) is 5.05. The van der Waals surface area contributed by atoms with Gasteiger partial charge in [-0.15, -0.1) is 0 Å². The van der Waals surface area contributed by atoms with Gasteiger partial charge in [-0.25, -0.2) is 8.42 Å². The lowest BCUT2D eigenvalue weighted by Gasteiger charge is -2.28. The van der Waals surface area contributed by atoms with Crippen molar-refractivity contribution in [3.8, 4) is 0 Å². The van der Waals surface area contributed by atoms with E-state index < -0.39 is 10.0 Å². The van der Waals surface area contributed by atoms with Gasteiger partial charge in [0, 0.05) is 0 Å². The lowest BCUT2D eigenvalue weighted by molar-refractivity contribution is -0.909. The normalized spacial score (nSPS) is 17.1. The molecule has 1 saturated heterocycles. The highest BCUT2D eigenvalue weighted by Crippen LogP contribution is 2.20. The topological polar surface area (TPSA) is 59.8 Å². The minimum Gasteiger partial charge on any atom is -0.370 e. The number of nitrogens with one attached hydrogen (secondary N) is 2. The van der Waals surface area contributed by atoms with Crippen LogP contribution in [0.25, 0.3) is 0 Å². The summed E-state index contributed by atoms with van der Waals surface area (Å²) in [6.45, 7) is 8.14. The monoisotopic (exact) mass is 389 g/mol. The van der Waals surface area contributed by atoms with Crippen LogP contribution in [0.3, 0.4) is 0 Å². The molecule has 6 heteroatoms. The van der Waals surface area contributed by atoms with Gasteiger partial charge >= 0.3 is 0 Å². The third-order valence-corrected chi connectivity index (χ3v) is 6.54. The standard InChI is InChI=1S/C21H28N2O3S/c1-17(2)18-8-10-20(11-9-18)27(24,25)22-21(19-6-4-3-5-7-19)16-23-12-14-26-15-13-23/h3-11,17,21-22H,12-16H2,1-2H3/p+1/t21-/m1/s1. The van der Waals surface area contributed by atoms with Gasteiger partial charge in [-0.1, -0.05) is 56.3 Å². The number of benzene rings is 2. The van der Waals surface area contributed by atoms with E-state index in [0.29, 0.717) is 17.4 Å². The summed E-state index contributed by atoms with van der Waals surface area (Å²) in [5.74, 6) is 0.372. The summed E-state index contributed by atoms with van der Waals surface area (Å²) in [7, 11) is -3.60. The van der Waals surface area contributed by atoms with Gasteiger partial charge in [0.15, 0.2) is 0 Å². The predicted octanol–water partition coefficient (Wildman–Crippen LogP) is 1.74. The Morgan fingerprint density at radius 3 is 2.19 bits per heavy atom. The van der Waals surface area contributed by atoms with Crippen molar-refractivity contribution in [2.24, 2.45) is 0 Å². The summed E-state index contributed by atoms with van der Waals surface area (Å²) in [5, 5.41) is 0. The Morgan fingerprint density at radius 2 is 1.59 bits per heavy atom. The number of ether oxygens (including phenoxy) is 1. The first-order valence-corrected chi connectivity index (χ1v) is 11.0. The molecule has 1 fully saturated rings. The molecule has 3 rings (SSSR count). The van der Waals surface area contributed by atoms with Crippen molar-refractivity contribution in [2.45, 2.75) is 30.7 Å². The SMILES string of the molecule is CC(C)c1ccc(S(=O)(=O)N[C@H](C[NH+]2CCOCC2)c2ccccc2)cc1. The minimum atomic E-state index is -3.60. The quantitative estimate of drug-likeness (QED) is 0.758. The molecule has 146 valence electrons. The molecular formula is C21H29N2O3S+. The van der Waals surface area contributed by atoms with Gasteiger partial charge in [0.2, 0.25) is 10.0 Å². The molecule has 0 aliphatic carbocycles. The highest BCUT2D eigenvalue weighted by Gasteiger charge is 2.26. The average molecular weight is 390 g/mol. The van der Waals surface area contributed by atoms with Gasteiger partial charge in [0.05, 0.1) is 30.7 Å². The fraction of sp³-hybridized carbons (Fsp3) is 0.429. The van der Waals surface area contributed by atoms with Crippen molar-refractivity contribution >= 4 is 10.0 Å². The summed E-state index contributed by atoms with van der Waals surface area (Å²) in [5.41, 5.74) is 2.12. The number of rotatable bonds is 7. The lowest BCUT2D eigenvalue weighted by atomic mass is 10.0. The zero-order chi connectivity index (χ0) is 19.3. The van der Waals surface area contributed by atoms with E-state index in [0.717, 1.165) is 37.4 Å². The fourth-order valence-electron chi connectivity index (χ4n) is 3.35. The summed E-state index contributed by atoms with van der Waals surface area (Å²) in [4.78, 5) is 1.66. The van der Waals surface area contributed by atoms with Gasteiger partial charge in [-0.3, -0.25) is 0 Å². The molecule has 1 atom stereocenters. The largest absolute Gasteiger partial charge is 0.370 e. The van der Waals surface area contributed by atoms with E-state index >= 15 is 0 Å². The predicted molar refractivity (Wildman–Crippen MR) is 106 cm³/mol. The zero-order valence-electron chi connectivity index (χ0n) is 16.0. The van der Waals surface area contributed by atoms with E-state index in [1.54, 1.807) is 12.1 Å².